The van der Waals surface area contributed by atoms with E-state index in [1.54, 1.807) is 12.1 Å². The molecule has 30 heavy (non-hydrogen) atoms. The Hall–Kier alpha value is -2.90. The normalized spacial score (nSPS) is 18.7. The van der Waals surface area contributed by atoms with Crippen LogP contribution in [0.5, 0.6) is 0 Å². The highest BCUT2D eigenvalue weighted by molar-refractivity contribution is 6.31. The van der Waals surface area contributed by atoms with Gasteiger partial charge >= 0.3 is 6.03 Å². The van der Waals surface area contributed by atoms with Crippen LogP contribution in [0.15, 0.2) is 36.4 Å². The van der Waals surface area contributed by atoms with Crippen molar-refractivity contribution in [3.8, 4) is 0 Å². The Morgan fingerprint density at radius 2 is 1.97 bits per heavy atom. The Morgan fingerprint density at radius 1 is 1.17 bits per heavy atom. The molecule has 3 N–H and O–H groups in total. The van der Waals surface area contributed by atoms with Crippen LogP contribution in [0.1, 0.15) is 35.1 Å². The second kappa shape index (κ2) is 8.45. The fraction of sp³-hybridized carbons (Fsp3) is 0.318. The van der Waals surface area contributed by atoms with Gasteiger partial charge < -0.3 is 10.6 Å². The number of fused-ring (bicyclic) bond motifs is 1. The topological polar surface area (TPSA) is 90.5 Å². The third-order valence-corrected chi connectivity index (χ3v) is 5.80. The van der Waals surface area contributed by atoms with E-state index in [1.807, 2.05) is 25.1 Å². The summed E-state index contributed by atoms with van der Waals surface area (Å²) in [4.78, 5) is 37.9. The molecule has 2 aromatic carbocycles. The van der Waals surface area contributed by atoms with E-state index >= 15 is 0 Å². The molecule has 0 radical (unpaired) electrons. The smallest absolute Gasteiger partial charge is 0.319 e. The Balaban J connectivity index is 1.35. The lowest BCUT2D eigenvalue weighted by molar-refractivity contribution is -0.137. The number of carbonyl (C=O) groups is 3. The lowest BCUT2D eigenvalue weighted by atomic mass is 10.0. The number of halogens is 1. The van der Waals surface area contributed by atoms with Gasteiger partial charge in [-0.3, -0.25) is 19.8 Å². The number of urea groups is 1. The van der Waals surface area contributed by atoms with E-state index in [4.69, 9.17) is 11.6 Å². The highest BCUT2D eigenvalue weighted by atomic mass is 35.5. The first-order valence-electron chi connectivity index (χ1n) is 9.88. The van der Waals surface area contributed by atoms with E-state index in [9.17, 15) is 14.4 Å². The van der Waals surface area contributed by atoms with Crippen LogP contribution in [-0.4, -0.2) is 28.8 Å². The fourth-order valence-electron chi connectivity index (χ4n) is 3.91. The van der Waals surface area contributed by atoms with Crippen molar-refractivity contribution in [1.29, 1.82) is 0 Å². The lowest BCUT2D eigenvalue weighted by Crippen LogP contribution is -2.50. The van der Waals surface area contributed by atoms with Gasteiger partial charge in [-0.15, -0.1) is 0 Å². The largest absolute Gasteiger partial charge is 0.334 e. The highest BCUT2D eigenvalue weighted by Crippen LogP contribution is 2.28. The average Bonchev–Trinajstić information content (AvgIpc) is 3.12. The van der Waals surface area contributed by atoms with Crippen molar-refractivity contribution in [2.45, 2.75) is 45.4 Å². The Morgan fingerprint density at radius 3 is 2.77 bits per heavy atom. The number of nitrogens with zero attached hydrogens (tertiary/aromatic N) is 1. The van der Waals surface area contributed by atoms with Crippen LogP contribution < -0.4 is 16.0 Å². The van der Waals surface area contributed by atoms with E-state index in [2.05, 4.69) is 26.9 Å². The Kier molecular flexibility index (Phi) is 5.74. The number of piperidine rings is 1. The zero-order chi connectivity index (χ0) is 21.3. The number of hydrogen-bond acceptors (Lipinski definition) is 4. The van der Waals surface area contributed by atoms with Gasteiger partial charge in [-0.2, -0.15) is 0 Å². The number of amides is 4. The molecule has 0 bridgehead atoms. The van der Waals surface area contributed by atoms with Gasteiger partial charge in [-0.05, 0) is 47.7 Å². The van der Waals surface area contributed by atoms with E-state index in [-0.39, 0.29) is 23.9 Å². The first kappa shape index (κ1) is 20.4. The molecule has 0 aliphatic carbocycles. The minimum Gasteiger partial charge on any atom is -0.334 e. The molecule has 0 saturated carbocycles. The number of hydrogen-bond donors (Lipinski definition) is 3. The van der Waals surface area contributed by atoms with Gasteiger partial charge in [0.2, 0.25) is 11.8 Å². The van der Waals surface area contributed by atoms with Crippen LogP contribution in [0.25, 0.3) is 0 Å². The summed E-state index contributed by atoms with van der Waals surface area (Å²) >= 11 is 5.99. The number of anilines is 1. The summed E-state index contributed by atoms with van der Waals surface area (Å²) < 4.78 is 0. The molecule has 4 rings (SSSR count). The Labute approximate surface area is 179 Å². The molecule has 1 saturated heterocycles. The zero-order valence-electron chi connectivity index (χ0n) is 16.6. The van der Waals surface area contributed by atoms with Crippen molar-refractivity contribution in [1.82, 2.24) is 15.5 Å². The van der Waals surface area contributed by atoms with Crippen molar-refractivity contribution in [3.63, 3.8) is 0 Å². The molecule has 2 aromatic rings. The predicted molar refractivity (Wildman–Crippen MR) is 114 cm³/mol. The molecule has 0 spiro atoms. The van der Waals surface area contributed by atoms with Crippen LogP contribution in [0.2, 0.25) is 5.02 Å². The van der Waals surface area contributed by atoms with Crippen LogP contribution in [0.3, 0.4) is 0 Å². The molecule has 0 aromatic heterocycles. The molecule has 1 fully saturated rings. The number of rotatable bonds is 4. The van der Waals surface area contributed by atoms with Gasteiger partial charge in [-0.1, -0.05) is 35.9 Å². The average molecular weight is 427 g/mol. The highest BCUT2D eigenvalue weighted by Gasteiger charge is 2.34. The summed E-state index contributed by atoms with van der Waals surface area (Å²) in [6, 6.07) is 10.9. The first-order valence-corrected chi connectivity index (χ1v) is 10.3. The van der Waals surface area contributed by atoms with Crippen LogP contribution in [-0.2, 0) is 29.2 Å². The van der Waals surface area contributed by atoms with Gasteiger partial charge in [0.15, 0.2) is 0 Å². The number of nitrogens with one attached hydrogen (secondary N) is 3. The Bertz CT molecular complexity index is 1020. The molecule has 2 heterocycles. The van der Waals surface area contributed by atoms with Crippen LogP contribution >= 0.6 is 11.6 Å². The van der Waals surface area contributed by atoms with Crippen molar-refractivity contribution in [3.05, 3.63) is 63.7 Å². The quantitative estimate of drug-likeness (QED) is 0.655. The maximum absolute atomic E-state index is 12.3. The minimum absolute atomic E-state index is 0.201. The third-order valence-electron chi connectivity index (χ3n) is 5.57. The maximum atomic E-state index is 12.3. The minimum atomic E-state index is -0.300. The van der Waals surface area contributed by atoms with Gasteiger partial charge in [0.1, 0.15) is 0 Å². The number of carbonyl (C=O) groups excluding carboxylic acids is 3. The van der Waals surface area contributed by atoms with Crippen molar-refractivity contribution >= 4 is 35.1 Å². The standard InChI is InChI=1S/C22H23ClN4O3/c1-13-2-5-17(23)9-18(13)25-22(30)24-10-14-3-4-15-11-27(12-16(15)8-14)19-6-7-20(28)26-21(19)29/h2-5,8-9,19H,6-7,10-12H2,1H3,(H2,24,25,30)(H,26,28,29). The van der Waals surface area contributed by atoms with E-state index < -0.39 is 0 Å². The second-order valence-electron chi connectivity index (χ2n) is 7.74. The number of aryl methyl sites for hydroxylation is 1. The van der Waals surface area contributed by atoms with Crippen LogP contribution in [0.4, 0.5) is 10.5 Å². The number of benzene rings is 2. The predicted octanol–water partition coefficient (Wildman–Crippen LogP) is 3.09. The van der Waals surface area contributed by atoms with Gasteiger partial charge in [0, 0.05) is 36.8 Å². The summed E-state index contributed by atoms with van der Waals surface area (Å²) in [5, 5.41) is 8.67. The van der Waals surface area contributed by atoms with Gasteiger partial charge in [0.25, 0.3) is 0 Å². The molecule has 2 aliphatic heterocycles. The summed E-state index contributed by atoms with van der Waals surface area (Å²) in [6.07, 6.45) is 0.926. The second-order valence-corrected chi connectivity index (χ2v) is 8.18. The van der Waals surface area contributed by atoms with Crippen LogP contribution in [0, 0.1) is 6.92 Å². The SMILES string of the molecule is Cc1ccc(Cl)cc1NC(=O)NCc1ccc2c(c1)CN(C1CCC(=O)NC1=O)C2. The first-order chi connectivity index (χ1) is 14.4. The monoisotopic (exact) mass is 426 g/mol. The molecular formula is C22H23ClN4O3. The molecule has 2 aliphatic rings. The van der Waals surface area contributed by atoms with Crippen molar-refractivity contribution in [2.24, 2.45) is 0 Å². The fourth-order valence-corrected chi connectivity index (χ4v) is 4.08. The van der Waals surface area contributed by atoms with E-state index in [0.717, 1.165) is 16.7 Å². The molecule has 1 atom stereocenters. The zero-order valence-corrected chi connectivity index (χ0v) is 17.4. The summed E-state index contributed by atoms with van der Waals surface area (Å²) in [5.41, 5.74) is 4.90. The molecule has 7 nitrogen and oxygen atoms in total. The summed E-state index contributed by atoms with van der Waals surface area (Å²) in [6.45, 7) is 3.63. The summed E-state index contributed by atoms with van der Waals surface area (Å²) in [7, 11) is 0. The molecule has 1 unspecified atom stereocenters. The molecule has 4 amide bonds. The van der Waals surface area contributed by atoms with Gasteiger partial charge in [-0.25, -0.2) is 4.79 Å². The molecule has 156 valence electrons. The number of imide groups is 1. The van der Waals surface area contributed by atoms with Crippen molar-refractivity contribution in [2.75, 3.05) is 5.32 Å². The molecular weight excluding hydrogens is 404 g/mol. The van der Waals surface area contributed by atoms with E-state index in [1.165, 1.54) is 5.56 Å². The maximum Gasteiger partial charge on any atom is 0.319 e. The lowest BCUT2D eigenvalue weighted by Gasteiger charge is -2.29. The van der Waals surface area contributed by atoms with Gasteiger partial charge in [0.05, 0.1) is 6.04 Å². The molecule has 8 heteroatoms. The third kappa shape index (κ3) is 4.47. The summed E-state index contributed by atoms with van der Waals surface area (Å²) in [5.74, 6) is -0.415. The van der Waals surface area contributed by atoms with E-state index in [0.29, 0.717) is 43.2 Å². The van der Waals surface area contributed by atoms with Crippen molar-refractivity contribution < 1.29 is 14.4 Å².